The van der Waals surface area contributed by atoms with Crippen LogP contribution >= 0.6 is 0 Å². The molecule has 5 nitrogen and oxygen atoms in total. The second-order valence-electron chi connectivity index (χ2n) is 4.31. The number of hydrogen-bond donors (Lipinski definition) is 2. The van der Waals surface area contributed by atoms with E-state index in [1.165, 1.54) is 7.11 Å². The first kappa shape index (κ1) is 11.9. The lowest BCUT2D eigenvalue weighted by molar-refractivity contribution is 0.0639. The minimum Gasteiger partial charge on any atom is -0.480 e. The van der Waals surface area contributed by atoms with Gasteiger partial charge in [-0.2, -0.15) is 0 Å². The number of hydrogen-bond acceptors (Lipinski definition) is 4. The molecule has 0 saturated heterocycles. The fourth-order valence-electron chi connectivity index (χ4n) is 1.96. The Hall–Kier alpha value is -1.62. The summed E-state index contributed by atoms with van der Waals surface area (Å²) in [6.45, 7) is -0.0265. The Morgan fingerprint density at radius 2 is 2.41 bits per heavy atom. The average Bonchev–Trinajstić information content (AvgIpc) is 2.33. The molecule has 92 valence electrons. The molecule has 2 N–H and O–H groups in total. The first-order chi connectivity index (χ1) is 8.21. The third-order valence-corrected chi connectivity index (χ3v) is 3.20. The standard InChI is InChI=1S/C12H16N2O3/c1-17-11-9(4-2-7-13-11)10(16)14-12(8-15)5-3-6-12/h2,4,7,15H,3,5-6,8H2,1H3,(H,14,16). The number of aromatic nitrogens is 1. The summed E-state index contributed by atoms with van der Waals surface area (Å²) >= 11 is 0. The van der Waals surface area contributed by atoms with Crippen molar-refractivity contribution in [3.05, 3.63) is 23.9 Å². The number of nitrogens with zero attached hydrogens (tertiary/aromatic N) is 1. The summed E-state index contributed by atoms with van der Waals surface area (Å²) in [5, 5.41) is 12.2. The maximum absolute atomic E-state index is 12.0. The highest BCUT2D eigenvalue weighted by molar-refractivity contribution is 5.96. The Morgan fingerprint density at radius 3 is 2.94 bits per heavy atom. The molecule has 0 bridgehead atoms. The summed E-state index contributed by atoms with van der Waals surface area (Å²) in [6, 6.07) is 3.34. The van der Waals surface area contributed by atoms with Crippen LogP contribution in [0.3, 0.4) is 0 Å². The lowest BCUT2D eigenvalue weighted by Crippen LogP contribution is -2.56. The van der Waals surface area contributed by atoms with Gasteiger partial charge in [0.15, 0.2) is 0 Å². The van der Waals surface area contributed by atoms with Crippen LogP contribution in [-0.4, -0.2) is 35.3 Å². The molecule has 1 fully saturated rings. The van der Waals surface area contributed by atoms with E-state index in [-0.39, 0.29) is 12.5 Å². The monoisotopic (exact) mass is 236 g/mol. The minimum atomic E-state index is -0.446. The number of aliphatic hydroxyl groups is 1. The molecule has 0 radical (unpaired) electrons. The molecule has 0 spiro atoms. The minimum absolute atomic E-state index is 0.0265. The molecular weight excluding hydrogens is 220 g/mol. The van der Waals surface area contributed by atoms with Gasteiger partial charge in [0.25, 0.3) is 5.91 Å². The molecule has 0 aliphatic heterocycles. The van der Waals surface area contributed by atoms with Gasteiger partial charge in [0, 0.05) is 6.20 Å². The van der Waals surface area contributed by atoms with Gasteiger partial charge in [-0.15, -0.1) is 0 Å². The van der Waals surface area contributed by atoms with Crippen molar-refractivity contribution in [1.29, 1.82) is 0 Å². The highest BCUT2D eigenvalue weighted by atomic mass is 16.5. The van der Waals surface area contributed by atoms with Crippen molar-refractivity contribution in [2.45, 2.75) is 24.8 Å². The van der Waals surface area contributed by atoms with E-state index in [1.54, 1.807) is 18.3 Å². The molecule has 1 heterocycles. The number of amides is 1. The highest BCUT2D eigenvalue weighted by Crippen LogP contribution is 2.31. The predicted octanol–water partition coefficient (Wildman–Crippen LogP) is 0.735. The van der Waals surface area contributed by atoms with E-state index in [9.17, 15) is 9.90 Å². The van der Waals surface area contributed by atoms with Crippen molar-refractivity contribution >= 4 is 5.91 Å². The third kappa shape index (κ3) is 2.24. The molecular formula is C12H16N2O3. The fourth-order valence-corrected chi connectivity index (χ4v) is 1.96. The zero-order chi connectivity index (χ0) is 12.3. The number of pyridine rings is 1. The molecule has 1 aliphatic rings. The van der Waals surface area contributed by atoms with Gasteiger partial charge in [0.05, 0.1) is 19.3 Å². The summed E-state index contributed by atoms with van der Waals surface area (Å²) in [4.78, 5) is 16.0. The number of carbonyl (C=O) groups is 1. The molecule has 0 aromatic carbocycles. The first-order valence-corrected chi connectivity index (χ1v) is 5.63. The highest BCUT2D eigenvalue weighted by Gasteiger charge is 2.38. The second-order valence-corrected chi connectivity index (χ2v) is 4.31. The second kappa shape index (κ2) is 4.71. The first-order valence-electron chi connectivity index (χ1n) is 5.63. The van der Waals surface area contributed by atoms with Gasteiger partial charge in [0.2, 0.25) is 5.88 Å². The molecule has 0 atom stereocenters. The van der Waals surface area contributed by atoms with Crippen molar-refractivity contribution in [1.82, 2.24) is 10.3 Å². The maximum Gasteiger partial charge on any atom is 0.257 e. The molecule has 2 rings (SSSR count). The third-order valence-electron chi connectivity index (χ3n) is 3.20. The topological polar surface area (TPSA) is 71.5 Å². The Kier molecular flexibility index (Phi) is 3.28. The van der Waals surface area contributed by atoms with Crippen molar-refractivity contribution in [3.8, 4) is 5.88 Å². The van der Waals surface area contributed by atoms with Gasteiger partial charge in [0.1, 0.15) is 5.56 Å². The summed E-state index contributed by atoms with van der Waals surface area (Å²) in [6.07, 6.45) is 4.24. The van der Waals surface area contributed by atoms with E-state index in [1.807, 2.05) is 0 Å². The molecule has 1 aliphatic carbocycles. The lowest BCUT2D eigenvalue weighted by Gasteiger charge is -2.40. The Labute approximate surface area is 99.8 Å². The maximum atomic E-state index is 12.0. The molecule has 1 saturated carbocycles. The molecule has 1 aromatic heterocycles. The molecule has 1 aromatic rings. The van der Waals surface area contributed by atoms with E-state index in [0.717, 1.165) is 19.3 Å². The summed E-state index contributed by atoms with van der Waals surface area (Å²) < 4.78 is 5.03. The quantitative estimate of drug-likeness (QED) is 0.808. The van der Waals surface area contributed by atoms with Gasteiger partial charge in [-0.25, -0.2) is 4.98 Å². The molecule has 0 unspecified atom stereocenters. The molecule has 1 amide bonds. The van der Waals surface area contributed by atoms with Crippen molar-refractivity contribution in [2.75, 3.05) is 13.7 Å². The van der Waals surface area contributed by atoms with E-state index >= 15 is 0 Å². The van der Waals surface area contributed by atoms with Gasteiger partial charge in [-0.1, -0.05) is 0 Å². The van der Waals surface area contributed by atoms with Crippen LogP contribution in [0.5, 0.6) is 5.88 Å². The summed E-state index contributed by atoms with van der Waals surface area (Å²) in [5.41, 5.74) is -0.0486. The average molecular weight is 236 g/mol. The van der Waals surface area contributed by atoms with Crippen molar-refractivity contribution in [2.24, 2.45) is 0 Å². The van der Waals surface area contributed by atoms with Crippen molar-refractivity contribution < 1.29 is 14.6 Å². The van der Waals surface area contributed by atoms with Gasteiger partial charge in [-0.05, 0) is 31.4 Å². The van der Waals surface area contributed by atoms with Crippen LogP contribution in [0.4, 0.5) is 0 Å². The van der Waals surface area contributed by atoms with Crippen LogP contribution in [0.25, 0.3) is 0 Å². The number of nitrogens with one attached hydrogen (secondary N) is 1. The fraction of sp³-hybridized carbons (Fsp3) is 0.500. The van der Waals surface area contributed by atoms with E-state index in [4.69, 9.17) is 4.74 Å². The van der Waals surface area contributed by atoms with Crippen molar-refractivity contribution in [3.63, 3.8) is 0 Å². The molecule has 5 heteroatoms. The Bertz CT molecular complexity index is 410. The lowest BCUT2D eigenvalue weighted by atomic mass is 9.77. The SMILES string of the molecule is COc1ncccc1C(=O)NC1(CO)CCC1. The van der Waals surface area contributed by atoms with Crippen LogP contribution in [0.2, 0.25) is 0 Å². The summed E-state index contributed by atoms with van der Waals surface area (Å²) in [7, 11) is 1.48. The van der Waals surface area contributed by atoms with Gasteiger partial charge in [-0.3, -0.25) is 4.79 Å². The van der Waals surface area contributed by atoms with E-state index in [2.05, 4.69) is 10.3 Å². The van der Waals surface area contributed by atoms with Crippen LogP contribution in [0.1, 0.15) is 29.6 Å². The Balaban J connectivity index is 2.14. The largest absolute Gasteiger partial charge is 0.480 e. The van der Waals surface area contributed by atoms with E-state index < -0.39 is 5.54 Å². The zero-order valence-electron chi connectivity index (χ0n) is 9.77. The van der Waals surface area contributed by atoms with Crippen LogP contribution in [-0.2, 0) is 0 Å². The summed E-state index contributed by atoms with van der Waals surface area (Å²) in [5.74, 6) is 0.0566. The Morgan fingerprint density at radius 1 is 1.65 bits per heavy atom. The zero-order valence-corrected chi connectivity index (χ0v) is 9.77. The normalized spacial score (nSPS) is 17.1. The van der Waals surface area contributed by atoms with Gasteiger partial charge >= 0.3 is 0 Å². The van der Waals surface area contributed by atoms with E-state index in [0.29, 0.717) is 11.4 Å². The van der Waals surface area contributed by atoms with Crippen LogP contribution in [0, 0.1) is 0 Å². The number of aliphatic hydroxyl groups excluding tert-OH is 1. The number of methoxy groups -OCH3 is 1. The van der Waals surface area contributed by atoms with Crippen LogP contribution in [0.15, 0.2) is 18.3 Å². The number of ether oxygens (including phenoxy) is 1. The smallest absolute Gasteiger partial charge is 0.257 e. The number of carbonyl (C=O) groups excluding carboxylic acids is 1. The molecule has 17 heavy (non-hydrogen) atoms. The van der Waals surface area contributed by atoms with Gasteiger partial charge < -0.3 is 15.2 Å². The predicted molar refractivity (Wildman–Crippen MR) is 61.9 cm³/mol. The number of rotatable bonds is 4. The van der Waals surface area contributed by atoms with Crippen LogP contribution < -0.4 is 10.1 Å².